The lowest BCUT2D eigenvalue weighted by Gasteiger charge is -2.28. The first-order valence-electron chi connectivity index (χ1n) is 23.1. The maximum absolute atomic E-state index is 6.47. The average molecular weight is 855 g/mol. The molecule has 3 heteroatoms. The number of aryl methyl sites for hydroxylation is 1. The molecule has 314 valence electrons. The third-order valence-corrected chi connectivity index (χ3v) is 13.6. The number of benzene rings is 9. The first-order valence-corrected chi connectivity index (χ1v) is 23.1. The van der Waals surface area contributed by atoms with Crippen LogP contribution in [0.15, 0.2) is 229 Å². The van der Waals surface area contributed by atoms with Crippen molar-refractivity contribution in [3.63, 3.8) is 0 Å². The summed E-state index contributed by atoms with van der Waals surface area (Å²) in [6.45, 7) is 0. The molecule has 0 unspecified atom stereocenters. The molecule has 67 heavy (non-hydrogen) atoms. The Morgan fingerprint density at radius 2 is 1.09 bits per heavy atom. The molecule has 2 aromatic heterocycles. The van der Waals surface area contributed by atoms with Gasteiger partial charge in [0.15, 0.2) is 0 Å². The van der Waals surface area contributed by atoms with Crippen LogP contribution in [0.2, 0.25) is 0 Å². The molecule has 0 saturated carbocycles. The van der Waals surface area contributed by atoms with Crippen molar-refractivity contribution < 1.29 is 4.42 Å². The molecule has 1 aliphatic carbocycles. The second kappa shape index (κ2) is 16.0. The molecule has 0 bridgehead atoms. The van der Waals surface area contributed by atoms with E-state index in [9.17, 15) is 0 Å². The van der Waals surface area contributed by atoms with Gasteiger partial charge in [0.05, 0.1) is 28.1 Å². The summed E-state index contributed by atoms with van der Waals surface area (Å²) in [7, 11) is 0. The van der Waals surface area contributed by atoms with Crippen LogP contribution in [-0.4, -0.2) is 4.57 Å². The van der Waals surface area contributed by atoms with Crippen molar-refractivity contribution in [1.29, 1.82) is 0 Å². The van der Waals surface area contributed by atoms with E-state index in [4.69, 9.17) is 4.42 Å². The highest BCUT2D eigenvalue weighted by molar-refractivity contribution is 6.11. The number of hydrogen-bond donors (Lipinski definition) is 0. The summed E-state index contributed by atoms with van der Waals surface area (Å²) in [4.78, 5) is 2.36. The van der Waals surface area contributed by atoms with Crippen LogP contribution in [-0.2, 0) is 6.42 Å². The number of anilines is 3. The molecular formula is C64H42N2O. The van der Waals surface area contributed by atoms with Crippen LogP contribution in [0.3, 0.4) is 0 Å². The Morgan fingerprint density at radius 1 is 0.448 bits per heavy atom. The Morgan fingerprint density at radius 3 is 1.91 bits per heavy atom. The van der Waals surface area contributed by atoms with Crippen LogP contribution < -0.4 is 4.90 Å². The third kappa shape index (κ3) is 6.53. The number of rotatable bonds is 8. The standard InChI is InChI=1S/C64H42N2O/c1-2-18-45-41-47(36-35-43(45)17-1)51-22-5-10-30-59(51)65(48-39-37-44(38-40-48)52-28-16-29-58-57-27-9-14-34-63(57)67-64(52)58)49-20-15-19-46(42-49)50-21-3-4-23-53(50)54-24-6-11-31-60(54)66-61-32-12-7-25-55(61)56-26-8-13-33-62(56)66/h1-34,37,39,41-42H,35-36H2. The molecule has 1 aliphatic rings. The predicted molar refractivity (Wildman–Crippen MR) is 279 cm³/mol. The minimum Gasteiger partial charge on any atom is -0.455 e. The van der Waals surface area contributed by atoms with Crippen molar-refractivity contribution in [2.45, 2.75) is 12.8 Å². The lowest BCUT2D eigenvalue weighted by atomic mass is 9.88. The van der Waals surface area contributed by atoms with E-state index in [1.807, 2.05) is 12.1 Å². The fourth-order valence-electron chi connectivity index (χ4n) is 10.5. The molecule has 0 atom stereocenters. The van der Waals surface area contributed by atoms with Gasteiger partial charge < -0.3 is 13.9 Å². The Hall–Kier alpha value is -8.84. The van der Waals surface area contributed by atoms with E-state index in [-0.39, 0.29) is 0 Å². The van der Waals surface area contributed by atoms with Gasteiger partial charge in [0.1, 0.15) is 11.2 Å². The van der Waals surface area contributed by atoms with Crippen LogP contribution in [0.25, 0.3) is 94.5 Å². The number of nitrogens with zero attached hydrogens (tertiary/aromatic N) is 2. The number of para-hydroxylation sites is 6. The summed E-state index contributed by atoms with van der Waals surface area (Å²) >= 11 is 0. The molecule has 0 fully saturated rings. The molecule has 0 radical (unpaired) electrons. The zero-order valence-corrected chi connectivity index (χ0v) is 36.7. The maximum atomic E-state index is 6.47. The van der Waals surface area contributed by atoms with Crippen LogP contribution in [0, 0.1) is 12.1 Å². The van der Waals surface area contributed by atoms with E-state index < -0.39 is 0 Å². The van der Waals surface area contributed by atoms with Crippen molar-refractivity contribution in [2.75, 3.05) is 4.90 Å². The summed E-state index contributed by atoms with van der Waals surface area (Å²) in [5.74, 6) is 0. The fraction of sp³-hybridized carbons (Fsp3) is 0.0312. The van der Waals surface area contributed by atoms with Gasteiger partial charge >= 0.3 is 0 Å². The Bertz CT molecular complexity index is 3830. The first-order chi connectivity index (χ1) is 33.2. The number of furan rings is 1. The van der Waals surface area contributed by atoms with Crippen molar-refractivity contribution in [3.8, 4) is 39.1 Å². The smallest absolute Gasteiger partial charge is 0.143 e. The van der Waals surface area contributed by atoms with Gasteiger partial charge in [-0.25, -0.2) is 0 Å². The topological polar surface area (TPSA) is 21.3 Å². The minimum absolute atomic E-state index is 0.860. The SMILES string of the molecule is c1c(-c2cccc3c2oc2ccccc23)ccc(N(c2cccc(-c3ccccc3-c3ccccc3-n3c4ccccc4c4ccccc43)c2)c2ccccc2C2=Cc3ccccc3CC2)c#1. The normalized spacial score (nSPS) is 12.3. The van der Waals surface area contributed by atoms with E-state index in [1.54, 1.807) is 0 Å². The number of fused-ring (bicyclic) bond motifs is 7. The van der Waals surface area contributed by atoms with Gasteiger partial charge in [-0.1, -0.05) is 176 Å². The molecule has 0 spiro atoms. The zero-order chi connectivity index (χ0) is 44.3. The second-order valence-electron chi connectivity index (χ2n) is 17.4. The van der Waals surface area contributed by atoms with E-state index in [2.05, 4.69) is 240 Å². The molecule has 0 saturated heterocycles. The molecule has 3 nitrogen and oxygen atoms in total. The van der Waals surface area contributed by atoms with Crippen molar-refractivity contribution in [3.05, 3.63) is 253 Å². The van der Waals surface area contributed by atoms with E-state index in [1.165, 1.54) is 55.2 Å². The zero-order valence-electron chi connectivity index (χ0n) is 36.7. The van der Waals surface area contributed by atoms with Gasteiger partial charge in [-0.2, -0.15) is 0 Å². The first kappa shape index (κ1) is 38.6. The molecular weight excluding hydrogens is 813 g/mol. The highest BCUT2D eigenvalue weighted by atomic mass is 16.3. The number of allylic oxidation sites excluding steroid dienone is 1. The van der Waals surface area contributed by atoms with Crippen LogP contribution in [0.4, 0.5) is 17.1 Å². The Balaban J connectivity index is 0.965. The summed E-state index contributed by atoms with van der Waals surface area (Å²) in [6, 6.07) is 87.9. The summed E-state index contributed by atoms with van der Waals surface area (Å²) in [5, 5.41) is 4.70. The molecule has 0 amide bonds. The highest BCUT2D eigenvalue weighted by Gasteiger charge is 2.23. The molecule has 10 aromatic carbocycles. The Kier molecular flexibility index (Phi) is 9.22. The fourth-order valence-corrected chi connectivity index (χ4v) is 10.5. The third-order valence-electron chi connectivity index (χ3n) is 13.6. The average Bonchev–Trinajstić information content (AvgIpc) is 3.95. The van der Waals surface area contributed by atoms with Crippen LogP contribution >= 0.6 is 0 Å². The van der Waals surface area contributed by atoms with Gasteiger partial charge in [-0.3, -0.25) is 0 Å². The van der Waals surface area contributed by atoms with Gasteiger partial charge in [0.25, 0.3) is 0 Å². The van der Waals surface area contributed by atoms with Crippen molar-refractivity contribution >= 4 is 72.5 Å². The molecule has 0 aliphatic heterocycles. The summed E-state index contributed by atoms with van der Waals surface area (Å²) in [5.41, 5.74) is 20.0. The predicted octanol–water partition coefficient (Wildman–Crippen LogP) is 17.2. The molecule has 12 aromatic rings. The second-order valence-corrected chi connectivity index (χ2v) is 17.4. The summed E-state index contributed by atoms with van der Waals surface area (Å²) in [6.07, 6.45) is 4.33. The van der Waals surface area contributed by atoms with Crippen LogP contribution in [0.1, 0.15) is 23.1 Å². The van der Waals surface area contributed by atoms with Gasteiger partial charge in [-0.15, -0.1) is 0 Å². The van der Waals surface area contributed by atoms with Gasteiger partial charge in [0, 0.05) is 49.5 Å². The van der Waals surface area contributed by atoms with E-state index in [0.29, 0.717) is 0 Å². The molecule has 0 N–H and O–H groups in total. The minimum atomic E-state index is 0.860. The van der Waals surface area contributed by atoms with Gasteiger partial charge in [-0.05, 0) is 113 Å². The number of hydrogen-bond acceptors (Lipinski definition) is 2. The number of aromatic nitrogens is 1. The van der Waals surface area contributed by atoms with Crippen LogP contribution in [0.5, 0.6) is 0 Å². The molecule has 13 rings (SSSR count). The van der Waals surface area contributed by atoms with E-state index in [0.717, 1.165) is 79.8 Å². The maximum Gasteiger partial charge on any atom is 0.143 e. The quantitative estimate of drug-likeness (QED) is 0.152. The Labute approximate surface area is 389 Å². The van der Waals surface area contributed by atoms with Crippen molar-refractivity contribution in [1.82, 2.24) is 4.57 Å². The molecule has 2 heterocycles. The summed E-state index contributed by atoms with van der Waals surface area (Å²) < 4.78 is 8.90. The van der Waals surface area contributed by atoms with Gasteiger partial charge in [0.2, 0.25) is 0 Å². The van der Waals surface area contributed by atoms with E-state index >= 15 is 0 Å². The lowest BCUT2D eigenvalue weighted by molar-refractivity contribution is 0.670. The van der Waals surface area contributed by atoms with Crippen molar-refractivity contribution in [2.24, 2.45) is 0 Å². The highest BCUT2D eigenvalue weighted by Crippen LogP contribution is 2.45. The lowest BCUT2D eigenvalue weighted by Crippen LogP contribution is -2.12. The largest absolute Gasteiger partial charge is 0.455 e. The monoisotopic (exact) mass is 854 g/mol.